The second kappa shape index (κ2) is 6.59. The third-order valence-electron chi connectivity index (χ3n) is 3.14. The van der Waals surface area contributed by atoms with Crippen LogP contribution in [0.5, 0.6) is 0 Å². The van der Waals surface area contributed by atoms with Crippen LogP contribution in [-0.2, 0) is 11.2 Å². The molecule has 2 nitrogen and oxygen atoms in total. The lowest BCUT2D eigenvalue weighted by atomic mass is 10.1. The molecular weight excluding hydrogens is 304 g/mol. The van der Waals surface area contributed by atoms with Gasteiger partial charge in [0, 0.05) is 23.1 Å². The molecule has 0 bridgehead atoms. The Morgan fingerprint density at radius 1 is 1.22 bits per heavy atom. The van der Waals surface area contributed by atoms with Crippen molar-refractivity contribution >= 4 is 15.9 Å². The Morgan fingerprint density at radius 3 is 2.67 bits per heavy atom. The molecular formula is C13H16BrF2NO. The predicted molar refractivity (Wildman–Crippen MR) is 69.6 cm³/mol. The first-order valence-electron chi connectivity index (χ1n) is 6.11. The van der Waals surface area contributed by atoms with Gasteiger partial charge in [0.1, 0.15) is 0 Å². The zero-order valence-corrected chi connectivity index (χ0v) is 11.7. The molecule has 0 radical (unpaired) electrons. The fourth-order valence-corrected chi connectivity index (χ4v) is 2.61. The van der Waals surface area contributed by atoms with Gasteiger partial charge in [0.25, 0.3) is 0 Å². The fraction of sp³-hybridized carbons (Fsp3) is 0.538. The van der Waals surface area contributed by atoms with Gasteiger partial charge >= 0.3 is 0 Å². The van der Waals surface area contributed by atoms with Crippen molar-refractivity contribution in [2.75, 3.05) is 32.8 Å². The minimum atomic E-state index is -0.778. The van der Waals surface area contributed by atoms with E-state index in [-0.39, 0.29) is 0 Å². The molecule has 1 aromatic carbocycles. The van der Waals surface area contributed by atoms with Gasteiger partial charge in [-0.15, -0.1) is 0 Å². The third-order valence-corrected chi connectivity index (χ3v) is 3.89. The average Bonchev–Trinajstić information content (AvgIpc) is 2.39. The van der Waals surface area contributed by atoms with Crippen molar-refractivity contribution in [2.45, 2.75) is 12.8 Å². The molecule has 100 valence electrons. The van der Waals surface area contributed by atoms with Crippen LogP contribution >= 0.6 is 15.9 Å². The van der Waals surface area contributed by atoms with Crippen molar-refractivity contribution in [3.63, 3.8) is 0 Å². The Labute approximate surface area is 114 Å². The van der Waals surface area contributed by atoms with E-state index in [0.717, 1.165) is 45.3 Å². The maximum absolute atomic E-state index is 13.6. The highest BCUT2D eigenvalue weighted by Gasteiger charge is 2.13. The normalized spacial score (nSPS) is 17.1. The third kappa shape index (κ3) is 3.49. The van der Waals surface area contributed by atoms with E-state index in [1.807, 2.05) is 0 Å². The summed E-state index contributed by atoms with van der Waals surface area (Å²) >= 11 is 3.27. The second-order valence-electron chi connectivity index (χ2n) is 4.38. The van der Waals surface area contributed by atoms with Gasteiger partial charge in [0.2, 0.25) is 0 Å². The van der Waals surface area contributed by atoms with Crippen molar-refractivity contribution in [1.82, 2.24) is 4.90 Å². The smallest absolute Gasteiger partial charge is 0.163 e. The zero-order chi connectivity index (χ0) is 13.0. The molecule has 1 aromatic rings. The van der Waals surface area contributed by atoms with Crippen molar-refractivity contribution in [2.24, 2.45) is 0 Å². The maximum atomic E-state index is 13.6. The molecule has 0 aliphatic carbocycles. The predicted octanol–water partition coefficient (Wildman–Crippen LogP) is 2.99. The average molecular weight is 320 g/mol. The summed E-state index contributed by atoms with van der Waals surface area (Å²) in [6, 6.07) is 2.70. The SMILES string of the molecule is Fc1ccc(Br)c(CCCN2CCOCC2)c1F. The van der Waals surface area contributed by atoms with Crippen LogP contribution in [0.2, 0.25) is 0 Å². The molecule has 1 heterocycles. The van der Waals surface area contributed by atoms with E-state index in [1.54, 1.807) is 6.07 Å². The number of benzene rings is 1. The molecule has 1 saturated heterocycles. The Kier molecular flexibility index (Phi) is 5.09. The van der Waals surface area contributed by atoms with Crippen LogP contribution in [0.25, 0.3) is 0 Å². The number of ether oxygens (including phenoxy) is 1. The molecule has 0 saturated carbocycles. The lowest BCUT2D eigenvalue weighted by Crippen LogP contribution is -2.37. The van der Waals surface area contributed by atoms with E-state index >= 15 is 0 Å². The van der Waals surface area contributed by atoms with E-state index in [9.17, 15) is 8.78 Å². The first-order valence-corrected chi connectivity index (χ1v) is 6.90. The second-order valence-corrected chi connectivity index (χ2v) is 5.23. The molecule has 2 rings (SSSR count). The first kappa shape index (κ1) is 13.9. The Balaban J connectivity index is 1.88. The Bertz CT molecular complexity index is 408. The lowest BCUT2D eigenvalue weighted by Gasteiger charge is -2.26. The van der Waals surface area contributed by atoms with Crippen LogP contribution in [-0.4, -0.2) is 37.7 Å². The summed E-state index contributed by atoms with van der Waals surface area (Å²) in [5, 5.41) is 0. The number of halogens is 3. The molecule has 0 N–H and O–H groups in total. The number of nitrogens with zero attached hydrogens (tertiary/aromatic N) is 1. The lowest BCUT2D eigenvalue weighted by molar-refractivity contribution is 0.0374. The molecule has 18 heavy (non-hydrogen) atoms. The van der Waals surface area contributed by atoms with Crippen molar-refractivity contribution in [3.05, 3.63) is 33.8 Å². The van der Waals surface area contributed by atoms with E-state index in [1.165, 1.54) is 0 Å². The van der Waals surface area contributed by atoms with Gasteiger partial charge in [-0.25, -0.2) is 8.78 Å². The van der Waals surface area contributed by atoms with Crippen molar-refractivity contribution in [3.8, 4) is 0 Å². The van der Waals surface area contributed by atoms with Gasteiger partial charge < -0.3 is 4.74 Å². The van der Waals surface area contributed by atoms with Gasteiger partial charge in [-0.3, -0.25) is 4.90 Å². The summed E-state index contributed by atoms with van der Waals surface area (Å²) in [4.78, 5) is 2.29. The maximum Gasteiger partial charge on any atom is 0.163 e. The summed E-state index contributed by atoms with van der Waals surface area (Å²) in [6.45, 7) is 4.27. The highest BCUT2D eigenvalue weighted by Crippen LogP contribution is 2.23. The highest BCUT2D eigenvalue weighted by molar-refractivity contribution is 9.10. The van der Waals surface area contributed by atoms with E-state index in [4.69, 9.17) is 4.74 Å². The van der Waals surface area contributed by atoms with Gasteiger partial charge in [0.15, 0.2) is 11.6 Å². The molecule has 0 atom stereocenters. The number of morpholine rings is 1. The van der Waals surface area contributed by atoms with Crippen LogP contribution in [0, 0.1) is 11.6 Å². The molecule has 1 fully saturated rings. The molecule has 0 aromatic heterocycles. The summed E-state index contributed by atoms with van der Waals surface area (Å²) in [5.41, 5.74) is 0.434. The zero-order valence-electron chi connectivity index (χ0n) is 10.1. The van der Waals surface area contributed by atoms with Crippen molar-refractivity contribution < 1.29 is 13.5 Å². The largest absolute Gasteiger partial charge is 0.379 e. The standard InChI is InChI=1S/C13H16BrF2NO/c14-11-3-4-12(15)13(16)10(11)2-1-5-17-6-8-18-9-7-17/h3-4H,1-2,5-9H2. The van der Waals surface area contributed by atoms with Crippen LogP contribution in [0.4, 0.5) is 8.78 Å². The summed E-state index contributed by atoms with van der Waals surface area (Å²) in [6.07, 6.45) is 1.36. The Hall–Kier alpha value is -0.520. The van der Waals surface area contributed by atoms with Crippen LogP contribution in [0.3, 0.4) is 0 Å². The van der Waals surface area contributed by atoms with Crippen LogP contribution in [0.1, 0.15) is 12.0 Å². The quantitative estimate of drug-likeness (QED) is 0.791. The molecule has 0 unspecified atom stereocenters. The number of hydrogen-bond acceptors (Lipinski definition) is 2. The Morgan fingerprint density at radius 2 is 1.94 bits per heavy atom. The summed E-state index contributed by atoms with van der Waals surface area (Å²) in [5.74, 6) is -1.51. The van der Waals surface area contributed by atoms with Crippen LogP contribution < -0.4 is 0 Å². The molecule has 5 heteroatoms. The molecule has 0 amide bonds. The van der Waals surface area contributed by atoms with Gasteiger partial charge in [-0.2, -0.15) is 0 Å². The summed E-state index contributed by atoms with van der Waals surface area (Å²) < 4.78 is 32.6. The minimum absolute atomic E-state index is 0.434. The fourth-order valence-electron chi connectivity index (χ4n) is 2.10. The highest BCUT2D eigenvalue weighted by atomic mass is 79.9. The first-order chi connectivity index (χ1) is 8.68. The van der Waals surface area contributed by atoms with E-state index < -0.39 is 11.6 Å². The van der Waals surface area contributed by atoms with Gasteiger partial charge in [-0.05, 0) is 31.5 Å². The summed E-state index contributed by atoms with van der Waals surface area (Å²) in [7, 11) is 0. The minimum Gasteiger partial charge on any atom is -0.379 e. The van der Waals surface area contributed by atoms with E-state index in [2.05, 4.69) is 20.8 Å². The molecule has 1 aliphatic heterocycles. The monoisotopic (exact) mass is 319 g/mol. The van der Waals surface area contributed by atoms with Gasteiger partial charge in [-0.1, -0.05) is 15.9 Å². The topological polar surface area (TPSA) is 12.5 Å². The van der Waals surface area contributed by atoms with E-state index in [0.29, 0.717) is 16.5 Å². The molecule has 1 aliphatic rings. The number of hydrogen-bond donors (Lipinski definition) is 0. The van der Waals surface area contributed by atoms with Crippen molar-refractivity contribution in [1.29, 1.82) is 0 Å². The number of rotatable bonds is 4. The molecule has 0 spiro atoms. The van der Waals surface area contributed by atoms with Crippen LogP contribution in [0.15, 0.2) is 16.6 Å². The van der Waals surface area contributed by atoms with Gasteiger partial charge in [0.05, 0.1) is 13.2 Å².